The van der Waals surface area contributed by atoms with E-state index in [0.29, 0.717) is 19.0 Å². The first-order valence-electron chi connectivity index (χ1n) is 8.76. The molecule has 1 amide bonds. The number of hydrogen-bond donors (Lipinski definition) is 0. The van der Waals surface area contributed by atoms with Crippen molar-refractivity contribution in [2.24, 2.45) is 5.92 Å². The quantitative estimate of drug-likeness (QED) is 0.715. The monoisotopic (exact) mass is 355 g/mol. The molecule has 134 valence electrons. The molecule has 0 atom stereocenters. The number of nitrogens with zero attached hydrogens (tertiary/aromatic N) is 3. The Morgan fingerprint density at radius 2 is 1.88 bits per heavy atom. The Labute approximate surface area is 150 Å². The summed E-state index contributed by atoms with van der Waals surface area (Å²) >= 11 is 0. The summed E-state index contributed by atoms with van der Waals surface area (Å²) in [7, 11) is 0. The van der Waals surface area contributed by atoms with E-state index < -0.39 is 11.6 Å². The molecule has 1 fully saturated rings. The zero-order valence-corrected chi connectivity index (χ0v) is 14.2. The first-order chi connectivity index (χ1) is 12.6. The number of halogens is 2. The number of aromatic nitrogens is 2. The molecule has 1 aliphatic rings. The molecule has 26 heavy (non-hydrogen) atoms. The molecule has 0 spiro atoms. The molecule has 0 saturated carbocycles. The van der Waals surface area contributed by atoms with Crippen LogP contribution in [0.5, 0.6) is 0 Å². The third-order valence-electron chi connectivity index (χ3n) is 5.05. The highest BCUT2D eigenvalue weighted by Crippen LogP contribution is 2.23. The van der Waals surface area contributed by atoms with Gasteiger partial charge in [-0.05, 0) is 43.0 Å². The van der Waals surface area contributed by atoms with Crippen molar-refractivity contribution < 1.29 is 13.6 Å². The van der Waals surface area contributed by atoms with Gasteiger partial charge in [-0.2, -0.15) is 0 Å². The van der Waals surface area contributed by atoms with Gasteiger partial charge < -0.3 is 9.47 Å². The average Bonchev–Trinajstić information content (AvgIpc) is 3.05. The van der Waals surface area contributed by atoms with Crippen molar-refractivity contribution in [3.8, 4) is 0 Å². The van der Waals surface area contributed by atoms with Crippen LogP contribution in [-0.4, -0.2) is 33.4 Å². The van der Waals surface area contributed by atoms with E-state index in [1.54, 1.807) is 4.90 Å². The number of imidazole rings is 1. The Bertz CT molecular complexity index is 945. The SMILES string of the molecule is O=C(c1ccc(F)cc1F)N1CCC(Cn2cnc3ccccc32)CC1. The Morgan fingerprint density at radius 3 is 2.65 bits per heavy atom. The molecule has 1 aliphatic heterocycles. The predicted molar refractivity (Wildman–Crippen MR) is 94.7 cm³/mol. The number of likely N-dealkylation sites (tertiary alicyclic amines) is 1. The molecule has 4 rings (SSSR count). The van der Waals surface area contributed by atoms with E-state index in [2.05, 4.69) is 15.6 Å². The van der Waals surface area contributed by atoms with Crippen molar-refractivity contribution >= 4 is 16.9 Å². The van der Waals surface area contributed by atoms with Crippen molar-refractivity contribution in [2.75, 3.05) is 13.1 Å². The maximum Gasteiger partial charge on any atom is 0.256 e. The second-order valence-corrected chi connectivity index (χ2v) is 6.75. The zero-order chi connectivity index (χ0) is 18.1. The second-order valence-electron chi connectivity index (χ2n) is 6.75. The first kappa shape index (κ1) is 16.7. The molecule has 0 radical (unpaired) electrons. The Hall–Kier alpha value is -2.76. The van der Waals surface area contributed by atoms with Gasteiger partial charge in [0.1, 0.15) is 11.6 Å². The lowest BCUT2D eigenvalue weighted by molar-refractivity contribution is 0.0678. The van der Waals surface area contributed by atoms with Crippen molar-refractivity contribution in [2.45, 2.75) is 19.4 Å². The van der Waals surface area contributed by atoms with Crippen LogP contribution in [0.2, 0.25) is 0 Å². The molecule has 4 nitrogen and oxygen atoms in total. The minimum Gasteiger partial charge on any atom is -0.339 e. The third-order valence-corrected chi connectivity index (χ3v) is 5.05. The molecule has 0 N–H and O–H groups in total. The number of amides is 1. The summed E-state index contributed by atoms with van der Waals surface area (Å²) in [5.74, 6) is -1.41. The van der Waals surface area contributed by atoms with Crippen LogP contribution in [0.3, 0.4) is 0 Å². The number of benzene rings is 2. The van der Waals surface area contributed by atoms with Crippen LogP contribution < -0.4 is 0 Å². The molecular weight excluding hydrogens is 336 g/mol. The lowest BCUT2D eigenvalue weighted by atomic mass is 9.96. The number of para-hydroxylation sites is 2. The van der Waals surface area contributed by atoms with Gasteiger partial charge in [-0.15, -0.1) is 0 Å². The molecule has 0 unspecified atom stereocenters. The van der Waals surface area contributed by atoms with E-state index in [9.17, 15) is 13.6 Å². The summed E-state index contributed by atoms with van der Waals surface area (Å²) in [5, 5.41) is 0. The highest BCUT2D eigenvalue weighted by atomic mass is 19.1. The maximum absolute atomic E-state index is 13.8. The van der Waals surface area contributed by atoms with E-state index in [1.165, 1.54) is 6.07 Å². The number of carbonyl (C=O) groups is 1. The summed E-state index contributed by atoms with van der Waals surface area (Å²) < 4.78 is 29.0. The van der Waals surface area contributed by atoms with E-state index in [0.717, 1.165) is 42.6 Å². The zero-order valence-electron chi connectivity index (χ0n) is 14.2. The molecule has 0 aliphatic carbocycles. The highest BCUT2D eigenvalue weighted by molar-refractivity contribution is 5.94. The van der Waals surface area contributed by atoms with Crippen molar-refractivity contribution in [3.63, 3.8) is 0 Å². The summed E-state index contributed by atoms with van der Waals surface area (Å²) in [6, 6.07) is 11.1. The maximum atomic E-state index is 13.8. The Kier molecular flexibility index (Phi) is 4.41. The van der Waals surface area contributed by atoms with Crippen LogP contribution in [0.4, 0.5) is 8.78 Å². The molecule has 3 aromatic rings. The summed E-state index contributed by atoms with van der Waals surface area (Å²) in [4.78, 5) is 18.5. The van der Waals surface area contributed by atoms with E-state index in [1.807, 2.05) is 24.5 Å². The number of hydrogen-bond acceptors (Lipinski definition) is 2. The fourth-order valence-corrected chi connectivity index (χ4v) is 3.59. The van der Waals surface area contributed by atoms with Gasteiger partial charge in [0.25, 0.3) is 5.91 Å². The number of carbonyl (C=O) groups excluding carboxylic acids is 1. The number of piperidine rings is 1. The normalized spacial score (nSPS) is 15.5. The predicted octanol–water partition coefficient (Wildman–Crippen LogP) is 3.87. The van der Waals surface area contributed by atoms with Crippen LogP contribution in [0.15, 0.2) is 48.8 Å². The smallest absolute Gasteiger partial charge is 0.256 e. The minimum atomic E-state index is -0.804. The van der Waals surface area contributed by atoms with Gasteiger partial charge in [-0.25, -0.2) is 13.8 Å². The average molecular weight is 355 g/mol. The molecule has 2 aromatic carbocycles. The largest absolute Gasteiger partial charge is 0.339 e. The third kappa shape index (κ3) is 3.19. The summed E-state index contributed by atoms with van der Waals surface area (Å²) in [6.07, 6.45) is 3.55. The first-order valence-corrected chi connectivity index (χ1v) is 8.76. The molecule has 0 bridgehead atoms. The second kappa shape index (κ2) is 6.86. The number of fused-ring (bicyclic) bond motifs is 1. The van der Waals surface area contributed by atoms with E-state index in [4.69, 9.17) is 0 Å². The highest BCUT2D eigenvalue weighted by Gasteiger charge is 2.25. The van der Waals surface area contributed by atoms with Gasteiger partial charge in [-0.3, -0.25) is 4.79 Å². The van der Waals surface area contributed by atoms with Gasteiger partial charge in [0.15, 0.2) is 0 Å². The Balaban J connectivity index is 1.40. The van der Waals surface area contributed by atoms with Gasteiger partial charge in [0.05, 0.1) is 22.9 Å². The standard InChI is InChI=1S/C20H19F2N3O/c21-15-5-6-16(17(22)11-15)20(26)24-9-7-14(8-10-24)12-25-13-23-18-3-1-2-4-19(18)25/h1-6,11,13-14H,7-10,12H2. The molecule has 1 aromatic heterocycles. The van der Waals surface area contributed by atoms with Crippen LogP contribution in [0, 0.1) is 17.6 Å². The van der Waals surface area contributed by atoms with Gasteiger partial charge in [0, 0.05) is 25.7 Å². The lowest BCUT2D eigenvalue weighted by Crippen LogP contribution is -2.39. The lowest BCUT2D eigenvalue weighted by Gasteiger charge is -2.32. The van der Waals surface area contributed by atoms with Crippen LogP contribution in [0.25, 0.3) is 11.0 Å². The van der Waals surface area contributed by atoms with E-state index in [-0.39, 0.29) is 11.5 Å². The van der Waals surface area contributed by atoms with Crippen molar-refractivity contribution in [1.82, 2.24) is 14.5 Å². The van der Waals surface area contributed by atoms with Crippen molar-refractivity contribution in [1.29, 1.82) is 0 Å². The minimum absolute atomic E-state index is 0.0644. The summed E-state index contributed by atoms with van der Waals surface area (Å²) in [6.45, 7) is 2.01. The molecular formula is C20H19F2N3O. The van der Waals surface area contributed by atoms with Gasteiger partial charge in [-0.1, -0.05) is 12.1 Å². The fraction of sp³-hybridized carbons (Fsp3) is 0.300. The van der Waals surface area contributed by atoms with Crippen molar-refractivity contribution in [3.05, 3.63) is 66.0 Å². The molecule has 6 heteroatoms. The fourth-order valence-electron chi connectivity index (χ4n) is 3.59. The topological polar surface area (TPSA) is 38.1 Å². The Morgan fingerprint density at radius 1 is 1.12 bits per heavy atom. The van der Waals surface area contributed by atoms with Gasteiger partial charge >= 0.3 is 0 Å². The molecule has 1 saturated heterocycles. The molecule has 2 heterocycles. The van der Waals surface area contributed by atoms with Gasteiger partial charge in [0.2, 0.25) is 0 Å². The van der Waals surface area contributed by atoms with Crippen LogP contribution in [0.1, 0.15) is 23.2 Å². The number of rotatable bonds is 3. The van der Waals surface area contributed by atoms with Crippen LogP contribution >= 0.6 is 0 Å². The summed E-state index contributed by atoms with van der Waals surface area (Å²) in [5.41, 5.74) is 2.02. The van der Waals surface area contributed by atoms with Crippen LogP contribution in [-0.2, 0) is 6.54 Å². The van der Waals surface area contributed by atoms with E-state index >= 15 is 0 Å².